The zero-order valence-corrected chi connectivity index (χ0v) is 12.7. The summed E-state index contributed by atoms with van der Waals surface area (Å²) in [7, 11) is 1.66. The van der Waals surface area contributed by atoms with Gasteiger partial charge in [-0.2, -0.15) is 0 Å². The van der Waals surface area contributed by atoms with Gasteiger partial charge in [0.2, 0.25) is 0 Å². The van der Waals surface area contributed by atoms with Crippen molar-refractivity contribution < 1.29 is 9.47 Å². The van der Waals surface area contributed by atoms with Crippen molar-refractivity contribution in [1.82, 2.24) is 5.32 Å². The van der Waals surface area contributed by atoms with Gasteiger partial charge in [-0.1, -0.05) is 13.0 Å². The Balaban J connectivity index is 2.77. The lowest BCUT2D eigenvalue weighted by atomic mass is 10.1. The molecule has 20 heavy (non-hydrogen) atoms. The maximum Gasteiger partial charge on any atom is 0.127 e. The Labute approximate surface area is 122 Å². The highest BCUT2D eigenvalue weighted by molar-refractivity contribution is 5.42. The third-order valence-corrected chi connectivity index (χ3v) is 3.11. The lowest BCUT2D eigenvalue weighted by Gasteiger charge is -2.19. The number of terminal acetylenes is 1. The molecule has 1 aromatic rings. The van der Waals surface area contributed by atoms with Crippen molar-refractivity contribution >= 4 is 0 Å². The van der Waals surface area contributed by atoms with Crippen molar-refractivity contribution in [2.45, 2.75) is 39.2 Å². The standard InChI is InChI=1S/C17H25NO2/c1-5-7-8-12-20-17-13-15(19-4)9-10-16(17)14(3)18-11-6-2/h1,9-10,13-14,18H,6-8,11-12H2,2-4H3. The molecule has 0 saturated carbocycles. The molecule has 0 bridgehead atoms. The molecule has 0 aromatic heterocycles. The summed E-state index contributed by atoms with van der Waals surface area (Å²) >= 11 is 0. The van der Waals surface area contributed by atoms with Crippen LogP contribution in [-0.4, -0.2) is 20.3 Å². The third kappa shape index (κ3) is 5.14. The van der Waals surface area contributed by atoms with Gasteiger partial charge in [0.15, 0.2) is 0 Å². The van der Waals surface area contributed by atoms with Gasteiger partial charge in [0.05, 0.1) is 13.7 Å². The zero-order valence-electron chi connectivity index (χ0n) is 12.7. The average molecular weight is 275 g/mol. The molecule has 0 fully saturated rings. The van der Waals surface area contributed by atoms with Gasteiger partial charge in [-0.05, 0) is 32.4 Å². The van der Waals surface area contributed by atoms with Gasteiger partial charge in [0, 0.05) is 24.1 Å². The molecule has 0 amide bonds. The highest BCUT2D eigenvalue weighted by Crippen LogP contribution is 2.29. The van der Waals surface area contributed by atoms with Crippen LogP contribution >= 0.6 is 0 Å². The molecule has 1 N–H and O–H groups in total. The van der Waals surface area contributed by atoms with E-state index in [1.54, 1.807) is 7.11 Å². The molecule has 1 atom stereocenters. The maximum absolute atomic E-state index is 5.87. The van der Waals surface area contributed by atoms with Crippen molar-refractivity contribution in [3.8, 4) is 23.8 Å². The maximum atomic E-state index is 5.87. The van der Waals surface area contributed by atoms with Crippen LogP contribution in [0.5, 0.6) is 11.5 Å². The first kappa shape index (κ1) is 16.4. The van der Waals surface area contributed by atoms with E-state index in [0.29, 0.717) is 6.61 Å². The van der Waals surface area contributed by atoms with E-state index in [0.717, 1.165) is 42.9 Å². The number of methoxy groups -OCH3 is 1. The number of nitrogens with one attached hydrogen (secondary N) is 1. The molecule has 110 valence electrons. The van der Waals surface area contributed by atoms with Crippen LogP contribution in [0.3, 0.4) is 0 Å². The van der Waals surface area contributed by atoms with Crippen LogP contribution in [0.4, 0.5) is 0 Å². The first-order valence-electron chi connectivity index (χ1n) is 7.20. The molecule has 1 aromatic carbocycles. The van der Waals surface area contributed by atoms with Gasteiger partial charge in [-0.3, -0.25) is 0 Å². The second kappa shape index (κ2) is 9.28. The summed E-state index contributed by atoms with van der Waals surface area (Å²) in [4.78, 5) is 0. The van der Waals surface area contributed by atoms with Gasteiger partial charge >= 0.3 is 0 Å². The lowest BCUT2D eigenvalue weighted by Crippen LogP contribution is -2.20. The Bertz CT molecular complexity index is 437. The summed E-state index contributed by atoms with van der Waals surface area (Å²) in [5.74, 6) is 4.31. The lowest BCUT2D eigenvalue weighted by molar-refractivity contribution is 0.304. The Morgan fingerprint density at radius 3 is 2.85 bits per heavy atom. The molecule has 0 aliphatic rings. The smallest absolute Gasteiger partial charge is 0.127 e. The summed E-state index contributed by atoms with van der Waals surface area (Å²) < 4.78 is 11.1. The first-order valence-corrected chi connectivity index (χ1v) is 7.20. The minimum absolute atomic E-state index is 0.253. The minimum Gasteiger partial charge on any atom is -0.497 e. The molecule has 1 rings (SSSR count). The monoisotopic (exact) mass is 275 g/mol. The molecule has 0 spiro atoms. The summed E-state index contributed by atoms with van der Waals surface area (Å²) in [5.41, 5.74) is 1.15. The molecule has 0 saturated heterocycles. The van der Waals surface area contributed by atoms with E-state index in [4.69, 9.17) is 15.9 Å². The fourth-order valence-corrected chi connectivity index (χ4v) is 1.95. The predicted molar refractivity (Wildman–Crippen MR) is 83.3 cm³/mol. The molecule has 0 radical (unpaired) electrons. The van der Waals surface area contributed by atoms with Crippen LogP contribution in [-0.2, 0) is 0 Å². The topological polar surface area (TPSA) is 30.5 Å². The van der Waals surface area contributed by atoms with Crippen LogP contribution in [0.2, 0.25) is 0 Å². The number of hydrogen-bond donors (Lipinski definition) is 1. The van der Waals surface area contributed by atoms with Crippen molar-refractivity contribution in [3.63, 3.8) is 0 Å². The molecule has 0 aliphatic heterocycles. The number of unbranched alkanes of at least 4 members (excludes halogenated alkanes) is 1. The Morgan fingerprint density at radius 2 is 2.20 bits per heavy atom. The summed E-state index contributed by atoms with van der Waals surface area (Å²) in [6.07, 6.45) is 7.97. The van der Waals surface area contributed by atoms with E-state index in [2.05, 4.69) is 31.2 Å². The molecule has 3 heteroatoms. The fourth-order valence-electron chi connectivity index (χ4n) is 1.95. The third-order valence-electron chi connectivity index (χ3n) is 3.11. The average Bonchev–Trinajstić information content (AvgIpc) is 2.49. The number of ether oxygens (including phenoxy) is 2. The highest BCUT2D eigenvalue weighted by atomic mass is 16.5. The second-order valence-corrected chi connectivity index (χ2v) is 4.74. The summed E-state index contributed by atoms with van der Waals surface area (Å²) in [6.45, 7) is 5.92. The molecule has 3 nitrogen and oxygen atoms in total. The quantitative estimate of drug-likeness (QED) is 0.552. The van der Waals surface area contributed by atoms with E-state index >= 15 is 0 Å². The van der Waals surface area contributed by atoms with E-state index < -0.39 is 0 Å². The van der Waals surface area contributed by atoms with Crippen molar-refractivity contribution in [3.05, 3.63) is 23.8 Å². The van der Waals surface area contributed by atoms with E-state index in [9.17, 15) is 0 Å². The predicted octanol–water partition coefficient (Wildman–Crippen LogP) is 3.55. The van der Waals surface area contributed by atoms with Crippen molar-refractivity contribution in [2.75, 3.05) is 20.3 Å². The van der Waals surface area contributed by atoms with E-state index in [1.807, 2.05) is 12.1 Å². The fraction of sp³-hybridized carbons (Fsp3) is 0.529. The molecule has 0 heterocycles. The number of hydrogen-bond acceptors (Lipinski definition) is 3. The summed E-state index contributed by atoms with van der Waals surface area (Å²) in [6, 6.07) is 6.22. The highest BCUT2D eigenvalue weighted by Gasteiger charge is 2.12. The van der Waals surface area contributed by atoms with Gasteiger partial charge in [-0.25, -0.2) is 0 Å². The second-order valence-electron chi connectivity index (χ2n) is 4.74. The minimum atomic E-state index is 0.253. The molecule has 0 aliphatic carbocycles. The van der Waals surface area contributed by atoms with E-state index in [1.165, 1.54) is 0 Å². The summed E-state index contributed by atoms with van der Waals surface area (Å²) in [5, 5.41) is 3.47. The van der Waals surface area contributed by atoms with Gasteiger partial charge in [0.1, 0.15) is 11.5 Å². The van der Waals surface area contributed by atoms with Gasteiger partial charge in [0.25, 0.3) is 0 Å². The van der Waals surface area contributed by atoms with Gasteiger partial charge in [-0.15, -0.1) is 12.3 Å². The Hall–Kier alpha value is -1.66. The number of benzene rings is 1. The molecular formula is C17H25NO2. The SMILES string of the molecule is C#CCCCOc1cc(OC)ccc1C(C)NCCC. The Kier molecular flexibility index (Phi) is 7.60. The van der Waals surface area contributed by atoms with Crippen molar-refractivity contribution in [2.24, 2.45) is 0 Å². The Morgan fingerprint density at radius 1 is 1.40 bits per heavy atom. The van der Waals surface area contributed by atoms with Crippen LogP contribution < -0.4 is 14.8 Å². The van der Waals surface area contributed by atoms with Crippen LogP contribution in [0.15, 0.2) is 18.2 Å². The first-order chi connectivity index (χ1) is 9.72. The van der Waals surface area contributed by atoms with Crippen LogP contribution in [0, 0.1) is 12.3 Å². The van der Waals surface area contributed by atoms with Crippen LogP contribution in [0.25, 0.3) is 0 Å². The largest absolute Gasteiger partial charge is 0.497 e. The van der Waals surface area contributed by atoms with Crippen LogP contribution in [0.1, 0.15) is 44.7 Å². The molecular weight excluding hydrogens is 250 g/mol. The van der Waals surface area contributed by atoms with Gasteiger partial charge < -0.3 is 14.8 Å². The normalized spacial score (nSPS) is 11.7. The van der Waals surface area contributed by atoms with Crippen molar-refractivity contribution in [1.29, 1.82) is 0 Å². The number of rotatable bonds is 9. The zero-order chi connectivity index (χ0) is 14.8. The molecule has 1 unspecified atom stereocenters. The van der Waals surface area contributed by atoms with E-state index in [-0.39, 0.29) is 6.04 Å².